The molecule has 0 fully saturated rings. The zero-order chi connectivity index (χ0) is 20.1. The average molecular weight is 419 g/mol. The van der Waals surface area contributed by atoms with Crippen LogP contribution in [0.1, 0.15) is 52.3 Å². The van der Waals surface area contributed by atoms with Gasteiger partial charge in [0, 0.05) is 5.56 Å². The molecule has 1 amide bonds. The average Bonchev–Trinajstić information content (AvgIpc) is 3.21. The summed E-state index contributed by atoms with van der Waals surface area (Å²) in [4.78, 5) is 30.2. The van der Waals surface area contributed by atoms with Crippen molar-refractivity contribution < 1.29 is 19.1 Å². The number of unbranched alkanes of at least 4 members (excludes halogenated alkanes) is 1. The normalized spacial score (nSPS) is 10.8. The van der Waals surface area contributed by atoms with Gasteiger partial charge in [-0.2, -0.15) is 0 Å². The molecule has 0 saturated heterocycles. The van der Waals surface area contributed by atoms with Gasteiger partial charge in [0.2, 0.25) is 0 Å². The van der Waals surface area contributed by atoms with Gasteiger partial charge in [0.25, 0.3) is 5.91 Å². The van der Waals surface area contributed by atoms with Crippen molar-refractivity contribution in [3.63, 3.8) is 0 Å². The number of aryl methyl sites for hydroxylation is 1. The van der Waals surface area contributed by atoms with Gasteiger partial charge in [0.15, 0.2) is 5.13 Å². The lowest BCUT2D eigenvalue weighted by Gasteiger charge is -2.06. The van der Waals surface area contributed by atoms with Crippen LogP contribution >= 0.6 is 22.7 Å². The molecular weight excluding hydrogens is 396 g/mol. The molecule has 0 aliphatic carbocycles. The van der Waals surface area contributed by atoms with E-state index < -0.39 is 0 Å². The van der Waals surface area contributed by atoms with E-state index in [1.165, 1.54) is 22.7 Å². The molecule has 0 aliphatic heterocycles. The molecule has 3 aromatic rings. The van der Waals surface area contributed by atoms with Gasteiger partial charge in [-0.1, -0.05) is 24.7 Å². The molecule has 0 unspecified atom stereocenters. The Labute approximate surface area is 171 Å². The van der Waals surface area contributed by atoms with E-state index in [-0.39, 0.29) is 11.9 Å². The Morgan fingerprint density at radius 3 is 2.54 bits per heavy atom. The smallest absolute Gasteiger partial charge is 0.348 e. The van der Waals surface area contributed by atoms with Crippen molar-refractivity contribution in [2.75, 3.05) is 18.5 Å². The standard InChI is InChI=1S/C20H22N2O4S2/c1-4-6-11-26-14-9-7-13(8-10-14)17(23)21-20-22-18-15(28-20)12(3)16(27-18)19(24)25-5-2/h7-10H,4-6,11H2,1-3H3,(H,21,22,23). The van der Waals surface area contributed by atoms with Crippen LogP contribution in [0.5, 0.6) is 5.75 Å². The number of carbonyl (C=O) groups excluding carboxylic acids is 2. The van der Waals surface area contributed by atoms with Gasteiger partial charge < -0.3 is 9.47 Å². The van der Waals surface area contributed by atoms with Gasteiger partial charge in [0.05, 0.1) is 17.9 Å². The first kappa shape index (κ1) is 20.3. The van der Waals surface area contributed by atoms with Crippen LogP contribution in [-0.2, 0) is 4.74 Å². The van der Waals surface area contributed by atoms with E-state index >= 15 is 0 Å². The Hall–Kier alpha value is -2.45. The van der Waals surface area contributed by atoms with Gasteiger partial charge in [-0.15, -0.1) is 11.3 Å². The molecule has 3 rings (SSSR count). The Bertz CT molecular complexity index is 976. The second-order valence-corrected chi connectivity index (χ2v) is 8.11. The number of carbonyl (C=O) groups is 2. The van der Waals surface area contributed by atoms with Crippen molar-refractivity contribution in [3.05, 3.63) is 40.3 Å². The number of hydrogen-bond donors (Lipinski definition) is 1. The van der Waals surface area contributed by atoms with Gasteiger partial charge in [-0.3, -0.25) is 10.1 Å². The van der Waals surface area contributed by atoms with Gasteiger partial charge >= 0.3 is 5.97 Å². The zero-order valence-corrected chi connectivity index (χ0v) is 17.7. The number of esters is 1. The maximum absolute atomic E-state index is 12.5. The van der Waals surface area contributed by atoms with Crippen molar-refractivity contribution in [2.24, 2.45) is 0 Å². The summed E-state index contributed by atoms with van der Waals surface area (Å²) in [7, 11) is 0. The van der Waals surface area contributed by atoms with E-state index in [1.54, 1.807) is 31.2 Å². The Balaban J connectivity index is 1.68. The number of aromatic nitrogens is 1. The predicted octanol–water partition coefficient (Wildman–Crippen LogP) is 5.27. The zero-order valence-electron chi connectivity index (χ0n) is 16.0. The summed E-state index contributed by atoms with van der Waals surface area (Å²) < 4.78 is 11.6. The van der Waals surface area contributed by atoms with Crippen LogP contribution in [0.2, 0.25) is 0 Å². The minimum atomic E-state index is -0.331. The highest BCUT2D eigenvalue weighted by Crippen LogP contribution is 2.37. The molecule has 2 heterocycles. The maximum atomic E-state index is 12.5. The molecule has 6 nitrogen and oxygen atoms in total. The van der Waals surface area contributed by atoms with Crippen LogP contribution in [0.15, 0.2) is 24.3 Å². The maximum Gasteiger partial charge on any atom is 0.348 e. The summed E-state index contributed by atoms with van der Waals surface area (Å²) >= 11 is 2.64. The number of benzene rings is 1. The number of nitrogens with zero attached hydrogens (tertiary/aromatic N) is 1. The van der Waals surface area contributed by atoms with Crippen LogP contribution < -0.4 is 10.1 Å². The highest BCUT2D eigenvalue weighted by Gasteiger charge is 2.20. The van der Waals surface area contributed by atoms with Gasteiger partial charge in [0.1, 0.15) is 15.5 Å². The third kappa shape index (κ3) is 4.51. The minimum absolute atomic E-state index is 0.232. The van der Waals surface area contributed by atoms with Crippen molar-refractivity contribution >= 4 is 49.2 Å². The van der Waals surface area contributed by atoms with Gasteiger partial charge in [-0.05, 0) is 50.1 Å². The van der Waals surface area contributed by atoms with Crippen LogP contribution in [0.25, 0.3) is 9.53 Å². The van der Waals surface area contributed by atoms with Gasteiger partial charge in [-0.25, -0.2) is 9.78 Å². The second-order valence-electron chi connectivity index (χ2n) is 6.11. The van der Waals surface area contributed by atoms with E-state index in [4.69, 9.17) is 9.47 Å². The number of nitrogens with one attached hydrogen (secondary N) is 1. The number of anilines is 1. The van der Waals surface area contributed by atoms with Crippen LogP contribution in [-0.4, -0.2) is 30.1 Å². The van der Waals surface area contributed by atoms with E-state index in [0.29, 0.717) is 28.8 Å². The van der Waals surface area contributed by atoms with Crippen molar-refractivity contribution in [1.29, 1.82) is 0 Å². The summed E-state index contributed by atoms with van der Waals surface area (Å²) in [5, 5.41) is 3.33. The fourth-order valence-corrected chi connectivity index (χ4v) is 4.75. The lowest BCUT2D eigenvalue weighted by Crippen LogP contribution is -2.11. The lowest BCUT2D eigenvalue weighted by atomic mass is 10.2. The molecule has 0 radical (unpaired) electrons. The summed E-state index contributed by atoms with van der Waals surface area (Å²) in [6.45, 7) is 6.76. The Morgan fingerprint density at radius 1 is 1.14 bits per heavy atom. The highest BCUT2D eigenvalue weighted by molar-refractivity contribution is 7.30. The first-order valence-corrected chi connectivity index (χ1v) is 10.8. The molecule has 0 spiro atoms. The van der Waals surface area contributed by atoms with Crippen molar-refractivity contribution in [3.8, 4) is 5.75 Å². The molecule has 2 aromatic heterocycles. The molecule has 1 N–H and O–H groups in total. The SMILES string of the molecule is CCCCOc1ccc(C(=O)Nc2nc3sc(C(=O)OCC)c(C)c3s2)cc1. The second kappa shape index (κ2) is 9.16. The highest BCUT2D eigenvalue weighted by atomic mass is 32.1. The fraction of sp³-hybridized carbons (Fsp3) is 0.350. The molecule has 0 bridgehead atoms. The van der Waals surface area contributed by atoms with Crippen molar-refractivity contribution in [2.45, 2.75) is 33.6 Å². The van der Waals surface area contributed by atoms with Crippen molar-refractivity contribution in [1.82, 2.24) is 4.98 Å². The summed E-state index contributed by atoms with van der Waals surface area (Å²) in [5.41, 5.74) is 1.37. The van der Waals surface area contributed by atoms with Crippen LogP contribution in [0.3, 0.4) is 0 Å². The first-order valence-electron chi connectivity index (χ1n) is 9.14. The van der Waals surface area contributed by atoms with E-state index in [9.17, 15) is 9.59 Å². The van der Waals surface area contributed by atoms with Crippen LogP contribution in [0.4, 0.5) is 5.13 Å². The molecule has 0 saturated carbocycles. The summed E-state index contributed by atoms with van der Waals surface area (Å²) in [5.74, 6) is 0.189. The number of thiazole rings is 1. The summed E-state index contributed by atoms with van der Waals surface area (Å²) in [6.07, 6.45) is 2.08. The van der Waals surface area contributed by atoms with Crippen LogP contribution in [0, 0.1) is 6.92 Å². The number of amides is 1. The largest absolute Gasteiger partial charge is 0.494 e. The number of thiophene rings is 1. The number of ether oxygens (including phenoxy) is 2. The Kier molecular flexibility index (Phi) is 6.64. The summed E-state index contributed by atoms with van der Waals surface area (Å²) in [6, 6.07) is 7.05. The first-order chi connectivity index (χ1) is 13.5. The molecule has 0 atom stereocenters. The quantitative estimate of drug-likeness (QED) is 0.398. The van der Waals surface area contributed by atoms with E-state index in [1.807, 2.05) is 6.92 Å². The molecule has 1 aromatic carbocycles. The molecule has 28 heavy (non-hydrogen) atoms. The molecule has 8 heteroatoms. The molecular formula is C20H22N2O4S2. The molecule has 148 valence electrons. The third-order valence-electron chi connectivity index (χ3n) is 4.04. The lowest BCUT2D eigenvalue weighted by molar-refractivity contribution is 0.0531. The van der Waals surface area contributed by atoms with E-state index in [2.05, 4.69) is 17.2 Å². The topological polar surface area (TPSA) is 77.5 Å². The monoisotopic (exact) mass is 418 g/mol. The predicted molar refractivity (Wildman–Crippen MR) is 113 cm³/mol. The minimum Gasteiger partial charge on any atom is -0.494 e. The number of hydrogen-bond acceptors (Lipinski definition) is 7. The molecule has 0 aliphatic rings. The third-order valence-corrected chi connectivity index (χ3v) is 6.43. The fourth-order valence-electron chi connectivity index (χ4n) is 2.54. The van der Waals surface area contributed by atoms with E-state index in [0.717, 1.165) is 33.7 Å². The Morgan fingerprint density at radius 2 is 1.89 bits per heavy atom. The number of rotatable bonds is 8. The number of fused-ring (bicyclic) bond motifs is 1.